The normalized spacial score (nSPS) is 12.0. The van der Waals surface area contributed by atoms with Crippen molar-refractivity contribution in [2.45, 2.75) is 45.6 Å². The molecule has 1 atom stereocenters. The number of carbonyl (C=O) groups is 1. The summed E-state index contributed by atoms with van der Waals surface area (Å²) in [4.78, 5) is 11.1. The molecule has 0 aliphatic heterocycles. The van der Waals surface area contributed by atoms with E-state index >= 15 is 0 Å². The minimum Gasteiger partial charge on any atom is -0.493 e. The lowest BCUT2D eigenvalue weighted by molar-refractivity contribution is -0.143. The van der Waals surface area contributed by atoms with Gasteiger partial charge in [-0.15, -0.1) is 0 Å². The highest BCUT2D eigenvalue weighted by atomic mass is 19.1. The molecule has 0 aliphatic rings. The maximum absolute atomic E-state index is 13.2. The number of aliphatic hydroxyl groups excluding tert-OH is 1. The van der Waals surface area contributed by atoms with Gasteiger partial charge in [-0.1, -0.05) is 0 Å². The van der Waals surface area contributed by atoms with Crippen molar-refractivity contribution in [3.8, 4) is 5.75 Å². The molecule has 0 heterocycles. The van der Waals surface area contributed by atoms with Gasteiger partial charge in [0, 0.05) is 18.1 Å². The van der Waals surface area contributed by atoms with Crippen molar-refractivity contribution in [1.82, 2.24) is 0 Å². The van der Waals surface area contributed by atoms with Crippen molar-refractivity contribution in [2.24, 2.45) is 0 Å². The quantitative estimate of drug-likeness (QED) is 0.561. The monoisotopic (exact) mass is 298 g/mol. The fourth-order valence-electron chi connectivity index (χ4n) is 1.94. The maximum Gasteiger partial charge on any atom is 0.305 e. The van der Waals surface area contributed by atoms with Crippen LogP contribution in [0.5, 0.6) is 5.75 Å². The number of esters is 1. The first-order valence-electron chi connectivity index (χ1n) is 7.30. The summed E-state index contributed by atoms with van der Waals surface area (Å²) in [6.45, 7) is 4.22. The number of carbonyl (C=O) groups excluding carboxylic acids is 1. The van der Waals surface area contributed by atoms with E-state index in [1.807, 2.05) is 0 Å². The Balaban J connectivity index is 2.29. The second-order valence-electron chi connectivity index (χ2n) is 4.82. The highest BCUT2D eigenvalue weighted by Crippen LogP contribution is 2.26. The van der Waals surface area contributed by atoms with Gasteiger partial charge in [-0.05, 0) is 45.2 Å². The van der Waals surface area contributed by atoms with Crippen LogP contribution in [0.4, 0.5) is 4.39 Å². The van der Waals surface area contributed by atoms with Gasteiger partial charge in [0.15, 0.2) is 0 Å². The van der Waals surface area contributed by atoms with E-state index in [4.69, 9.17) is 9.47 Å². The van der Waals surface area contributed by atoms with Crippen LogP contribution in [0.15, 0.2) is 18.2 Å². The van der Waals surface area contributed by atoms with Crippen LogP contribution in [0.2, 0.25) is 0 Å². The Morgan fingerprint density at radius 1 is 1.33 bits per heavy atom. The SMILES string of the molecule is CCOC(=O)CCCCCOc1cc(F)ccc1[C@@H](C)O. The molecule has 0 spiro atoms. The Morgan fingerprint density at radius 2 is 2.10 bits per heavy atom. The molecule has 1 rings (SSSR count). The molecule has 0 aromatic heterocycles. The van der Waals surface area contributed by atoms with Gasteiger partial charge in [-0.25, -0.2) is 4.39 Å². The number of hydrogen-bond donors (Lipinski definition) is 1. The van der Waals surface area contributed by atoms with Crippen molar-refractivity contribution in [3.05, 3.63) is 29.6 Å². The Kier molecular flexibility index (Phi) is 7.75. The number of hydrogen-bond acceptors (Lipinski definition) is 4. The van der Waals surface area contributed by atoms with Gasteiger partial charge < -0.3 is 14.6 Å². The fraction of sp³-hybridized carbons (Fsp3) is 0.562. The third kappa shape index (κ3) is 6.58. The van der Waals surface area contributed by atoms with E-state index in [0.717, 1.165) is 19.3 Å². The van der Waals surface area contributed by atoms with Crippen LogP contribution in [-0.4, -0.2) is 24.3 Å². The lowest BCUT2D eigenvalue weighted by Crippen LogP contribution is -2.05. The van der Waals surface area contributed by atoms with E-state index in [0.29, 0.717) is 30.9 Å². The van der Waals surface area contributed by atoms with Crippen LogP contribution in [0, 0.1) is 5.82 Å². The molecule has 1 aromatic carbocycles. The van der Waals surface area contributed by atoms with Gasteiger partial charge in [0.25, 0.3) is 0 Å². The molecule has 0 aliphatic carbocycles. The molecular weight excluding hydrogens is 275 g/mol. The van der Waals surface area contributed by atoms with Crippen LogP contribution in [0.3, 0.4) is 0 Å². The lowest BCUT2D eigenvalue weighted by atomic mass is 10.1. The summed E-state index contributed by atoms with van der Waals surface area (Å²) in [6.07, 6.45) is 2.04. The molecule has 1 N–H and O–H groups in total. The van der Waals surface area contributed by atoms with Gasteiger partial charge in [0.1, 0.15) is 11.6 Å². The molecule has 0 bridgehead atoms. The summed E-state index contributed by atoms with van der Waals surface area (Å²) in [7, 11) is 0. The Labute approximate surface area is 124 Å². The second-order valence-corrected chi connectivity index (χ2v) is 4.82. The first kappa shape index (κ1) is 17.4. The van der Waals surface area contributed by atoms with Crippen molar-refractivity contribution < 1.29 is 23.8 Å². The molecule has 21 heavy (non-hydrogen) atoms. The van der Waals surface area contributed by atoms with E-state index in [1.165, 1.54) is 18.2 Å². The average Bonchev–Trinajstić information content (AvgIpc) is 2.42. The topological polar surface area (TPSA) is 55.8 Å². The molecule has 0 saturated heterocycles. The minimum absolute atomic E-state index is 0.181. The van der Waals surface area contributed by atoms with Crippen molar-refractivity contribution >= 4 is 5.97 Å². The zero-order chi connectivity index (χ0) is 15.7. The third-order valence-corrected chi connectivity index (χ3v) is 3.01. The van der Waals surface area contributed by atoms with E-state index in [2.05, 4.69) is 0 Å². The second kappa shape index (κ2) is 9.34. The largest absolute Gasteiger partial charge is 0.493 e. The van der Waals surface area contributed by atoms with Crippen LogP contribution in [0.25, 0.3) is 0 Å². The van der Waals surface area contributed by atoms with Gasteiger partial charge >= 0.3 is 5.97 Å². The molecule has 0 unspecified atom stereocenters. The molecule has 0 amide bonds. The summed E-state index contributed by atoms with van der Waals surface area (Å²) in [6, 6.07) is 4.10. The molecule has 4 nitrogen and oxygen atoms in total. The average molecular weight is 298 g/mol. The molecule has 0 fully saturated rings. The minimum atomic E-state index is -0.704. The lowest BCUT2D eigenvalue weighted by Gasteiger charge is -2.13. The first-order valence-corrected chi connectivity index (χ1v) is 7.30. The summed E-state index contributed by atoms with van der Waals surface area (Å²) >= 11 is 0. The van der Waals surface area contributed by atoms with Gasteiger partial charge in [-0.3, -0.25) is 4.79 Å². The number of unbranched alkanes of at least 4 members (excludes halogenated alkanes) is 2. The molecule has 0 radical (unpaired) electrons. The predicted molar refractivity (Wildman–Crippen MR) is 77.6 cm³/mol. The highest BCUT2D eigenvalue weighted by molar-refractivity contribution is 5.69. The van der Waals surface area contributed by atoms with Crippen molar-refractivity contribution in [3.63, 3.8) is 0 Å². The Morgan fingerprint density at radius 3 is 2.76 bits per heavy atom. The number of halogens is 1. The third-order valence-electron chi connectivity index (χ3n) is 3.01. The van der Waals surface area contributed by atoms with Crippen LogP contribution in [-0.2, 0) is 9.53 Å². The summed E-state index contributed by atoms with van der Waals surface area (Å²) < 4.78 is 23.5. The van der Waals surface area contributed by atoms with E-state index < -0.39 is 11.9 Å². The van der Waals surface area contributed by atoms with Crippen LogP contribution < -0.4 is 4.74 Å². The van der Waals surface area contributed by atoms with Crippen LogP contribution in [0.1, 0.15) is 51.2 Å². The molecule has 5 heteroatoms. The number of ether oxygens (including phenoxy) is 2. The molecule has 1 aromatic rings. The van der Waals surface area contributed by atoms with Gasteiger partial charge in [0.05, 0.1) is 19.3 Å². The van der Waals surface area contributed by atoms with E-state index in [9.17, 15) is 14.3 Å². The van der Waals surface area contributed by atoms with E-state index in [1.54, 1.807) is 13.8 Å². The number of rotatable bonds is 9. The fourth-order valence-corrected chi connectivity index (χ4v) is 1.94. The summed E-state index contributed by atoms with van der Waals surface area (Å²) in [5.74, 6) is -0.202. The highest BCUT2D eigenvalue weighted by Gasteiger charge is 2.10. The van der Waals surface area contributed by atoms with Crippen LogP contribution >= 0.6 is 0 Å². The zero-order valence-corrected chi connectivity index (χ0v) is 12.6. The maximum atomic E-state index is 13.2. The van der Waals surface area contributed by atoms with Crippen molar-refractivity contribution in [2.75, 3.05) is 13.2 Å². The Hall–Kier alpha value is -1.62. The van der Waals surface area contributed by atoms with Gasteiger partial charge in [-0.2, -0.15) is 0 Å². The zero-order valence-electron chi connectivity index (χ0n) is 12.6. The summed E-state index contributed by atoms with van der Waals surface area (Å²) in [5.41, 5.74) is 0.572. The Bertz CT molecular complexity index is 446. The standard InChI is InChI=1S/C16H23FO4/c1-3-20-16(19)7-5-4-6-10-21-15-11-13(17)8-9-14(15)12(2)18/h8-9,11-12,18H,3-7,10H2,1-2H3/t12-/m1/s1. The molecule has 118 valence electrons. The van der Waals surface area contributed by atoms with Gasteiger partial charge in [0.2, 0.25) is 0 Å². The van der Waals surface area contributed by atoms with E-state index in [-0.39, 0.29) is 5.97 Å². The summed E-state index contributed by atoms with van der Waals surface area (Å²) in [5, 5.41) is 9.59. The molecular formula is C16H23FO4. The number of benzene rings is 1. The first-order chi connectivity index (χ1) is 10.0. The molecule has 0 saturated carbocycles. The van der Waals surface area contributed by atoms with Crippen molar-refractivity contribution in [1.29, 1.82) is 0 Å². The smallest absolute Gasteiger partial charge is 0.305 e. The predicted octanol–water partition coefficient (Wildman–Crippen LogP) is 3.38. The number of aliphatic hydroxyl groups is 1.